The van der Waals surface area contributed by atoms with Gasteiger partial charge in [0.1, 0.15) is 0 Å². The van der Waals surface area contributed by atoms with Crippen LogP contribution < -0.4 is 0 Å². The number of hydrogen-bond donors (Lipinski definition) is 0. The SMILES string of the molecule is C1=C(C2CCCCO2)CCCO1. The molecule has 0 N–H and O–H groups in total. The van der Waals surface area contributed by atoms with Gasteiger partial charge in [-0.25, -0.2) is 0 Å². The van der Waals surface area contributed by atoms with Crippen LogP contribution in [0.2, 0.25) is 0 Å². The topological polar surface area (TPSA) is 18.5 Å². The van der Waals surface area contributed by atoms with Crippen molar-refractivity contribution in [3.05, 3.63) is 11.8 Å². The van der Waals surface area contributed by atoms with E-state index in [1.54, 1.807) is 0 Å². The Kier molecular flexibility index (Phi) is 2.67. The lowest BCUT2D eigenvalue weighted by atomic mass is 9.98. The molecule has 2 rings (SSSR count). The highest BCUT2D eigenvalue weighted by molar-refractivity contribution is 5.07. The second kappa shape index (κ2) is 3.94. The van der Waals surface area contributed by atoms with Gasteiger partial charge < -0.3 is 9.47 Å². The Morgan fingerprint density at radius 1 is 1.17 bits per heavy atom. The normalized spacial score (nSPS) is 30.7. The average molecular weight is 168 g/mol. The van der Waals surface area contributed by atoms with E-state index < -0.39 is 0 Å². The second-order valence-corrected chi connectivity index (χ2v) is 3.52. The molecule has 1 atom stereocenters. The number of rotatable bonds is 1. The predicted molar refractivity (Wildman–Crippen MR) is 46.9 cm³/mol. The van der Waals surface area contributed by atoms with Crippen LogP contribution in [0.3, 0.4) is 0 Å². The van der Waals surface area contributed by atoms with E-state index >= 15 is 0 Å². The van der Waals surface area contributed by atoms with Crippen molar-refractivity contribution in [2.24, 2.45) is 0 Å². The lowest BCUT2D eigenvalue weighted by Gasteiger charge is -2.26. The summed E-state index contributed by atoms with van der Waals surface area (Å²) < 4.78 is 11.0. The minimum Gasteiger partial charge on any atom is -0.501 e. The first-order valence-corrected chi connectivity index (χ1v) is 4.89. The largest absolute Gasteiger partial charge is 0.501 e. The first kappa shape index (κ1) is 8.11. The van der Waals surface area contributed by atoms with Crippen LogP contribution in [0.15, 0.2) is 11.8 Å². The summed E-state index contributed by atoms with van der Waals surface area (Å²) in [6.45, 7) is 1.82. The van der Waals surface area contributed by atoms with Crippen molar-refractivity contribution in [3.63, 3.8) is 0 Å². The third-order valence-electron chi connectivity index (χ3n) is 2.56. The van der Waals surface area contributed by atoms with E-state index in [9.17, 15) is 0 Å². The minimum absolute atomic E-state index is 0.374. The van der Waals surface area contributed by atoms with E-state index in [0.29, 0.717) is 6.10 Å². The Labute approximate surface area is 73.5 Å². The summed E-state index contributed by atoms with van der Waals surface area (Å²) in [5, 5.41) is 0. The first-order valence-electron chi connectivity index (χ1n) is 4.89. The maximum Gasteiger partial charge on any atom is 0.0876 e. The summed E-state index contributed by atoms with van der Waals surface area (Å²) in [7, 11) is 0. The molecule has 2 heterocycles. The highest BCUT2D eigenvalue weighted by Gasteiger charge is 2.19. The molecule has 68 valence electrons. The maximum absolute atomic E-state index is 5.67. The fourth-order valence-corrected chi connectivity index (χ4v) is 1.85. The summed E-state index contributed by atoms with van der Waals surface area (Å²) >= 11 is 0. The van der Waals surface area contributed by atoms with Crippen molar-refractivity contribution in [1.29, 1.82) is 0 Å². The molecule has 2 aliphatic heterocycles. The summed E-state index contributed by atoms with van der Waals surface area (Å²) in [4.78, 5) is 0. The van der Waals surface area contributed by atoms with Crippen LogP contribution in [0.1, 0.15) is 32.1 Å². The molecule has 1 saturated heterocycles. The van der Waals surface area contributed by atoms with Crippen molar-refractivity contribution in [1.82, 2.24) is 0 Å². The molecule has 2 heteroatoms. The highest BCUT2D eigenvalue weighted by Crippen LogP contribution is 2.24. The van der Waals surface area contributed by atoms with Crippen LogP contribution in [0.5, 0.6) is 0 Å². The van der Waals surface area contributed by atoms with Gasteiger partial charge >= 0.3 is 0 Å². The van der Waals surface area contributed by atoms with Gasteiger partial charge in [-0.2, -0.15) is 0 Å². The van der Waals surface area contributed by atoms with Gasteiger partial charge in [-0.3, -0.25) is 0 Å². The van der Waals surface area contributed by atoms with E-state index in [4.69, 9.17) is 9.47 Å². The quantitative estimate of drug-likeness (QED) is 0.598. The van der Waals surface area contributed by atoms with Gasteiger partial charge in [0.05, 0.1) is 19.0 Å². The zero-order chi connectivity index (χ0) is 8.23. The molecule has 1 fully saturated rings. The third-order valence-corrected chi connectivity index (χ3v) is 2.56. The lowest BCUT2D eigenvalue weighted by molar-refractivity contribution is 0.0314. The minimum atomic E-state index is 0.374. The van der Waals surface area contributed by atoms with Gasteiger partial charge in [-0.1, -0.05) is 0 Å². The van der Waals surface area contributed by atoms with E-state index in [1.165, 1.54) is 31.3 Å². The summed E-state index contributed by atoms with van der Waals surface area (Å²) in [5.74, 6) is 0. The average Bonchev–Trinajstić information content (AvgIpc) is 2.21. The highest BCUT2D eigenvalue weighted by atomic mass is 16.5. The van der Waals surface area contributed by atoms with E-state index in [1.807, 2.05) is 6.26 Å². The third kappa shape index (κ3) is 1.81. The van der Waals surface area contributed by atoms with Crippen molar-refractivity contribution in [2.75, 3.05) is 13.2 Å². The van der Waals surface area contributed by atoms with Crippen molar-refractivity contribution in [3.8, 4) is 0 Å². The Hall–Kier alpha value is -0.500. The van der Waals surface area contributed by atoms with Gasteiger partial charge in [0, 0.05) is 6.61 Å². The van der Waals surface area contributed by atoms with Gasteiger partial charge in [0.2, 0.25) is 0 Å². The first-order chi connectivity index (χ1) is 5.97. The predicted octanol–water partition coefficient (Wildman–Crippen LogP) is 2.25. The summed E-state index contributed by atoms with van der Waals surface area (Å²) in [5.41, 5.74) is 1.38. The summed E-state index contributed by atoms with van der Waals surface area (Å²) in [6, 6.07) is 0. The van der Waals surface area contributed by atoms with Gasteiger partial charge in [-0.05, 0) is 37.7 Å². The molecule has 0 aromatic heterocycles. The zero-order valence-corrected chi connectivity index (χ0v) is 7.42. The van der Waals surface area contributed by atoms with Crippen molar-refractivity contribution >= 4 is 0 Å². The van der Waals surface area contributed by atoms with Gasteiger partial charge in [0.15, 0.2) is 0 Å². The standard InChI is InChI=1S/C10H16O2/c1-2-7-12-10(5-1)9-4-3-6-11-8-9/h8,10H,1-7H2. The molecule has 1 unspecified atom stereocenters. The Bertz CT molecular complexity index is 169. The smallest absolute Gasteiger partial charge is 0.0876 e. The Morgan fingerprint density at radius 2 is 2.17 bits per heavy atom. The van der Waals surface area contributed by atoms with Crippen LogP contribution in [-0.4, -0.2) is 19.3 Å². The van der Waals surface area contributed by atoms with Crippen LogP contribution in [-0.2, 0) is 9.47 Å². The van der Waals surface area contributed by atoms with Crippen LogP contribution in [0.4, 0.5) is 0 Å². The number of hydrogen-bond acceptors (Lipinski definition) is 2. The van der Waals surface area contributed by atoms with Crippen LogP contribution in [0, 0.1) is 0 Å². The zero-order valence-electron chi connectivity index (χ0n) is 7.42. The molecule has 0 spiro atoms. The molecule has 0 amide bonds. The fourth-order valence-electron chi connectivity index (χ4n) is 1.85. The monoisotopic (exact) mass is 168 g/mol. The summed E-state index contributed by atoms with van der Waals surface area (Å²) in [6.07, 6.45) is 8.34. The maximum atomic E-state index is 5.67. The van der Waals surface area contributed by atoms with E-state index in [-0.39, 0.29) is 0 Å². The Morgan fingerprint density at radius 3 is 2.83 bits per heavy atom. The molecular weight excluding hydrogens is 152 g/mol. The Balaban J connectivity index is 1.92. The molecule has 2 nitrogen and oxygen atoms in total. The molecular formula is C10H16O2. The van der Waals surface area contributed by atoms with Gasteiger partial charge in [0.25, 0.3) is 0 Å². The molecule has 0 aromatic carbocycles. The number of ether oxygens (including phenoxy) is 2. The molecule has 2 aliphatic rings. The van der Waals surface area contributed by atoms with Crippen molar-refractivity contribution in [2.45, 2.75) is 38.2 Å². The molecule has 0 bridgehead atoms. The molecule has 0 saturated carbocycles. The molecule has 12 heavy (non-hydrogen) atoms. The van der Waals surface area contributed by atoms with Gasteiger partial charge in [-0.15, -0.1) is 0 Å². The van der Waals surface area contributed by atoms with E-state index in [2.05, 4.69) is 0 Å². The van der Waals surface area contributed by atoms with E-state index in [0.717, 1.165) is 19.6 Å². The second-order valence-electron chi connectivity index (χ2n) is 3.52. The fraction of sp³-hybridized carbons (Fsp3) is 0.800. The molecule has 0 radical (unpaired) electrons. The van der Waals surface area contributed by atoms with Crippen molar-refractivity contribution < 1.29 is 9.47 Å². The van der Waals surface area contributed by atoms with Crippen LogP contribution in [0.25, 0.3) is 0 Å². The lowest BCUT2D eigenvalue weighted by Crippen LogP contribution is -2.23. The molecule has 0 aliphatic carbocycles. The molecule has 0 aromatic rings. The van der Waals surface area contributed by atoms with Crippen LogP contribution >= 0.6 is 0 Å².